The highest BCUT2D eigenvalue weighted by Crippen LogP contribution is 2.42. The number of unbranched alkanes of at least 4 members (excludes halogenated alkanes) is 2. The van der Waals surface area contributed by atoms with Gasteiger partial charge < -0.3 is 5.11 Å². The van der Waals surface area contributed by atoms with Gasteiger partial charge in [0.25, 0.3) is 0 Å². The van der Waals surface area contributed by atoms with Gasteiger partial charge in [0.1, 0.15) is 5.78 Å². The third-order valence-electron chi connectivity index (χ3n) is 4.31. The van der Waals surface area contributed by atoms with Crippen LogP contribution in [-0.4, -0.2) is 16.9 Å². The Morgan fingerprint density at radius 2 is 1.56 bits per heavy atom. The quantitative estimate of drug-likeness (QED) is 0.633. The predicted octanol–water partition coefficient (Wildman–Crippen LogP) is 4.05. The Balaban J connectivity index is 4.27. The number of rotatable bonds is 9. The second-order valence-electron chi connectivity index (χ2n) is 6.31. The highest BCUT2D eigenvalue weighted by atomic mass is 16.4. The summed E-state index contributed by atoms with van der Waals surface area (Å²) in [7, 11) is 0. The molecule has 106 valence electrons. The minimum absolute atomic E-state index is 0.262. The summed E-state index contributed by atoms with van der Waals surface area (Å²) < 4.78 is 0. The highest BCUT2D eigenvalue weighted by molar-refractivity contribution is 5.79. The number of aliphatic carboxylic acids is 1. The van der Waals surface area contributed by atoms with Crippen LogP contribution in [0, 0.1) is 10.8 Å². The van der Waals surface area contributed by atoms with Crippen molar-refractivity contribution in [2.24, 2.45) is 10.8 Å². The Morgan fingerprint density at radius 1 is 1.00 bits per heavy atom. The van der Waals surface area contributed by atoms with Gasteiger partial charge in [0.15, 0.2) is 0 Å². The summed E-state index contributed by atoms with van der Waals surface area (Å²) >= 11 is 0. The van der Waals surface area contributed by atoms with Gasteiger partial charge in [0.05, 0.1) is 5.41 Å². The molecule has 0 aliphatic rings. The van der Waals surface area contributed by atoms with Crippen molar-refractivity contribution < 1.29 is 14.7 Å². The lowest BCUT2D eigenvalue weighted by Crippen LogP contribution is -2.39. The van der Waals surface area contributed by atoms with Crippen molar-refractivity contribution in [1.82, 2.24) is 0 Å². The van der Waals surface area contributed by atoms with Crippen molar-refractivity contribution in [3.8, 4) is 0 Å². The molecule has 0 aromatic carbocycles. The van der Waals surface area contributed by atoms with Crippen molar-refractivity contribution in [3.05, 3.63) is 0 Å². The summed E-state index contributed by atoms with van der Waals surface area (Å²) in [4.78, 5) is 23.0. The van der Waals surface area contributed by atoms with Crippen LogP contribution in [-0.2, 0) is 9.59 Å². The maximum absolute atomic E-state index is 11.7. The lowest BCUT2D eigenvalue weighted by molar-refractivity contribution is -0.154. The molecule has 0 aliphatic heterocycles. The normalized spacial score (nSPS) is 12.5. The van der Waals surface area contributed by atoms with Crippen LogP contribution < -0.4 is 0 Å². The van der Waals surface area contributed by atoms with Crippen LogP contribution in [0.3, 0.4) is 0 Å². The average molecular weight is 256 g/mol. The topological polar surface area (TPSA) is 54.4 Å². The summed E-state index contributed by atoms with van der Waals surface area (Å²) in [5.41, 5.74) is -1.18. The number of hydrogen-bond acceptors (Lipinski definition) is 2. The lowest BCUT2D eigenvalue weighted by atomic mass is 9.65. The predicted molar refractivity (Wildman–Crippen MR) is 73.6 cm³/mol. The van der Waals surface area contributed by atoms with E-state index >= 15 is 0 Å². The Kier molecular flexibility index (Phi) is 6.58. The van der Waals surface area contributed by atoms with Crippen LogP contribution >= 0.6 is 0 Å². The molecule has 0 aromatic rings. The molecule has 0 heterocycles. The van der Waals surface area contributed by atoms with E-state index in [4.69, 9.17) is 0 Å². The Labute approximate surface area is 111 Å². The van der Waals surface area contributed by atoms with Crippen molar-refractivity contribution in [2.45, 2.75) is 73.1 Å². The summed E-state index contributed by atoms with van der Waals surface area (Å²) in [6.07, 6.45) is 4.93. The molecule has 0 rings (SSSR count). The van der Waals surface area contributed by atoms with Gasteiger partial charge in [-0.25, -0.2) is 0 Å². The number of carboxylic acid groups (broad SMARTS) is 1. The summed E-state index contributed by atoms with van der Waals surface area (Å²) in [5, 5.41) is 9.23. The first-order chi connectivity index (χ1) is 8.15. The monoisotopic (exact) mass is 256 g/mol. The highest BCUT2D eigenvalue weighted by Gasteiger charge is 2.42. The van der Waals surface area contributed by atoms with Gasteiger partial charge >= 0.3 is 5.97 Å². The van der Waals surface area contributed by atoms with Crippen LogP contribution in [0.5, 0.6) is 0 Å². The molecule has 0 bridgehead atoms. The largest absolute Gasteiger partial charge is 0.481 e. The first kappa shape index (κ1) is 17.1. The smallest absolute Gasteiger partial charge is 0.309 e. The van der Waals surface area contributed by atoms with Gasteiger partial charge in [-0.3, -0.25) is 9.59 Å². The van der Waals surface area contributed by atoms with Crippen LogP contribution in [0.2, 0.25) is 0 Å². The molecular formula is C15H28O3. The van der Waals surface area contributed by atoms with E-state index in [9.17, 15) is 14.7 Å². The lowest BCUT2D eigenvalue weighted by Gasteiger charge is -2.38. The zero-order valence-corrected chi connectivity index (χ0v) is 12.5. The fourth-order valence-electron chi connectivity index (χ4n) is 1.75. The van der Waals surface area contributed by atoms with Crippen LogP contribution in [0.1, 0.15) is 73.1 Å². The van der Waals surface area contributed by atoms with E-state index in [2.05, 4.69) is 6.92 Å². The number of hydrogen-bond donors (Lipinski definition) is 1. The molecule has 1 N–H and O–H groups in total. The average Bonchev–Trinajstić information content (AvgIpc) is 2.26. The molecule has 3 nitrogen and oxygen atoms in total. The zero-order valence-electron chi connectivity index (χ0n) is 12.5. The first-order valence-electron chi connectivity index (χ1n) is 6.90. The second kappa shape index (κ2) is 6.91. The molecular weight excluding hydrogens is 228 g/mol. The Morgan fingerprint density at radius 3 is 2.00 bits per heavy atom. The van der Waals surface area contributed by atoms with Crippen LogP contribution in [0.25, 0.3) is 0 Å². The molecule has 0 aliphatic carbocycles. The van der Waals surface area contributed by atoms with Gasteiger partial charge in [-0.05, 0) is 32.1 Å². The molecule has 3 heteroatoms. The maximum atomic E-state index is 11.7. The minimum atomic E-state index is -0.809. The molecule has 0 spiro atoms. The molecule has 0 atom stereocenters. The van der Waals surface area contributed by atoms with Crippen LogP contribution in [0.4, 0.5) is 0 Å². The van der Waals surface area contributed by atoms with E-state index in [1.807, 2.05) is 13.8 Å². The standard InChI is InChI=1S/C15H28O3/c1-6-7-8-9-12(16)10-11-14(2,3)15(4,5)13(17)18/h6-11H2,1-5H3,(H,17,18). The fraction of sp³-hybridized carbons (Fsp3) is 0.867. The Bertz CT molecular complexity index is 290. The van der Waals surface area contributed by atoms with E-state index in [1.54, 1.807) is 13.8 Å². The Hall–Kier alpha value is -0.860. The SMILES string of the molecule is CCCCCC(=O)CCC(C)(C)C(C)(C)C(=O)O. The zero-order chi connectivity index (χ0) is 14.4. The van der Waals surface area contributed by atoms with Gasteiger partial charge in [0, 0.05) is 12.8 Å². The number of Topliss-reactive ketones (excluding diaryl/α,β-unsaturated/α-hetero) is 1. The molecule has 0 aromatic heterocycles. The number of carbonyl (C=O) groups is 2. The van der Waals surface area contributed by atoms with Gasteiger partial charge in [-0.15, -0.1) is 0 Å². The molecule has 18 heavy (non-hydrogen) atoms. The van der Waals surface area contributed by atoms with Gasteiger partial charge in [-0.2, -0.15) is 0 Å². The fourth-order valence-corrected chi connectivity index (χ4v) is 1.75. The third-order valence-corrected chi connectivity index (χ3v) is 4.31. The van der Waals surface area contributed by atoms with Crippen molar-refractivity contribution in [1.29, 1.82) is 0 Å². The third kappa shape index (κ3) is 4.79. The van der Waals surface area contributed by atoms with E-state index in [-0.39, 0.29) is 11.2 Å². The number of carboxylic acids is 1. The number of carbonyl (C=O) groups excluding carboxylic acids is 1. The summed E-state index contributed by atoms with van der Waals surface area (Å²) in [6.45, 7) is 9.44. The first-order valence-corrected chi connectivity index (χ1v) is 6.90. The molecule has 0 unspecified atom stereocenters. The maximum Gasteiger partial charge on any atom is 0.309 e. The summed E-state index contributed by atoms with van der Waals surface area (Å²) in [6, 6.07) is 0. The van der Waals surface area contributed by atoms with E-state index < -0.39 is 11.4 Å². The van der Waals surface area contributed by atoms with Crippen molar-refractivity contribution in [2.75, 3.05) is 0 Å². The minimum Gasteiger partial charge on any atom is -0.481 e. The molecule has 0 saturated heterocycles. The van der Waals surface area contributed by atoms with Crippen molar-refractivity contribution in [3.63, 3.8) is 0 Å². The second-order valence-corrected chi connectivity index (χ2v) is 6.31. The molecule has 0 fully saturated rings. The summed E-state index contributed by atoms with van der Waals surface area (Å²) in [5.74, 6) is -0.538. The van der Waals surface area contributed by atoms with Crippen LogP contribution in [0.15, 0.2) is 0 Å². The molecule has 0 radical (unpaired) electrons. The molecule has 0 amide bonds. The van der Waals surface area contributed by atoms with E-state index in [0.29, 0.717) is 19.3 Å². The van der Waals surface area contributed by atoms with E-state index in [1.165, 1.54) is 0 Å². The van der Waals surface area contributed by atoms with Gasteiger partial charge in [0.2, 0.25) is 0 Å². The molecule has 0 saturated carbocycles. The van der Waals surface area contributed by atoms with Gasteiger partial charge in [-0.1, -0.05) is 33.6 Å². The van der Waals surface area contributed by atoms with E-state index in [0.717, 1.165) is 19.3 Å². The number of ketones is 1. The van der Waals surface area contributed by atoms with Crippen molar-refractivity contribution >= 4 is 11.8 Å².